The average Bonchev–Trinajstić information content (AvgIpc) is 3.66. The normalized spacial score (nSPS) is 11.6. The van der Waals surface area contributed by atoms with E-state index in [0.717, 1.165) is 99.6 Å². The molecule has 55 heavy (non-hydrogen) atoms. The Morgan fingerprint density at radius 1 is 0.364 bits per heavy atom. The summed E-state index contributed by atoms with van der Waals surface area (Å²) in [6.07, 6.45) is 2.07. The van der Waals surface area contributed by atoms with Crippen molar-refractivity contribution < 1.29 is 0 Å². The first-order valence-electron chi connectivity index (χ1n) is 18.5. The lowest BCUT2D eigenvalue weighted by atomic mass is 9.90. The summed E-state index contributed by atoms with van der Waals surface area (Å²) in [5.41, 5.74) is 12.5. The van der Waals surface area contributed by atoms with E-state index in [0.29, 0.717) is 5.82 Å². The van der Waals surface area contributed by atoms with Crippen LogP contribution in [0.3, 0.4) is 0 Å². The molecule has 4 aromatic heterocycles. The molecule has 0 radical (unpaired) electrons. The van der Waals surface area contributed by atoms with Gasteiger partial charge < -0.3 is 0 Å². The van der Waals surface area contributed by atoms with Gasteiger partial charge in [-0.3, -0.25) is 4.40 Å². The van der Waals surface area contributed by atoms with Gasteiger partial charge in [0.25, 0.3) is 0 Å². The molecule has 7 aromatic carbocycles. The molecule has 4 heterocycles. The molecule has 0 fully saturated rings. The highest BCUT2D eigenvalue weighted by Crippen LogP contribution is 2.44. The van der Waals surface area contributed by atoms with Crippen molar-refractivity contribution in [2.24, 2.45) is 0 Å². The van der Waals surface area contributed by atoms with Gasteiger partial charge in [-0.2, -0.15) is 0 Å². The summed E-state index contributed by atoms with van der Waals surface area (Å²) in [5, 5.41) is 5.64. The molecule has 5 heteroatoms. The second-order valence-electron chi connectivity index (χ2n) is 13.8. The Bertz CT molecular complexity index is 3150. The molecule has 0 saturated carbocycles. The van der Waals surface area contributed by atoms with E-state index in [1.165, 1.54) is 0 Å². The van der Waals surface area contributed by atoms with Crippen LogP contribution in [0, 0.1) is 0 Å². The van der Waals surface area contributed by atoms with Gasteiger partial charge in [0.1, 0.15) is 11.2 Å². The van der Waals surface area contributed by atoms with Crippen LogP contribution in [-0.4, -0.2) is 24.3 Å². The fourth-order valence-electron chi connectivity index (χ4n) is 8.05. The highest BCUT2D eigenvalue weighted by atomic mass is 15.0. The highest BCUT2D eigenvalue weighted by molar-refractivity contribution is 6.10. The summed E-state index contributed by atoms with van der Waals surface area (Å²) in [5.74, 6) is 0.683. The second-order valence-corrected chi connectivity index (χ2v) is 13.8. The van der Waals surface area contributed by atoms with E-state index in [1.54, 1.807) is 0 Å². The molecule has 11 rings (SSSR count). The van der Waals surface area contributed by atoms with E-state index in [-0.39, 0.29) is 0 Å². The lowest BCUT2D eigenvalue weighted by Gasteiger charge is -2.19. The molecule has 5 nitrogen and oxygen atoms in total. The smallest absolute Gasteiger partial charge is 0.160 e. The summed E-state index contributed by atoms with van der Waals surface area (Å²) in [6.45, 7) is 0. The fraction of sp³-hybridized carbons (Fsp3) is 0. The molecule has 0 aliphatic heterocycles. The van der Waals surface area contributed by atoms with Gasteiger partial charge in [0.15, 0.2) is 5.82 Å². The molecule has 0 bridgehead atoms. The molecule has 11 aromatic rings. The summed E-state index contributed by atoms with van der Waals surface area (Å²) >= 11 is 0. The first-order chi connectivity index (χ1) is 27.3. The Labute approximate surface area is 316 Å². The maximum Gasteiger partial charge on any atom is 0.160 e. The number of hydrogen-bond acceptors (Lipinski definition) is 4. The number of imidazole rings is 1. The minimum Gasteiger partial charge on any atom is -0.298 e. The molecular weight excluding hydrogens is 671 g/mol. The summed E-state index contributed by atoms with van der Waals surface area (Å²) in [4.78, 5) is 21.2. The summed E-state index contributed by atoms with van der Waals surface area (Å²) in [6, 6.07) is 63.4. The van der Waals surface area contributed by atoms with Gasteiger partial charge in [0.05, 0.1) is 28.1 Å². The van der Waals surface area contributed by atoms with Gasteiger partial charge in [-0.15, -0.1) is 0 Å². The molecule has 0 aliphatic carbocycles. The van der Waals surface area contributed by atoms with E-state index < -0.39 is 0 Å². The van der Waals surface area contributed by atoms with Gasteiger partial charge in [0.2, 0.25) is 0 Å². The minimum atomic E-state index is 0.683. The third kappa shape index (κ3) is 5.09. The number of fused-ring (bicyclic) bond motifs is 7. The molecule has 0 spiro atoms. The van der Waals surface area contributed by atoms with Crippen molar-refractivity contribution in [3.05, 3.63) is 188 Å². The molecule has 0 aliphatic rings. The van der Waals surface area contributed by atoms with E-state index in [1.807, 2.05) is 48.5 Å². The van der Waals surface area contributed by atoms with Crippen LogP contribution in [0.5, 0.6) is 0 Å². The largest absolute Gasteiger partial charge is 0.298 e. The Morgan fingerprint density at radius 2 is 0.927 bits per heavy atom. The van der Waals surface area contributed by atoms with E-state index in [9.17, 15) is 0 Å². The number of nitrogens with zero attached hydrogens (tertiary/aromatic N) is 5. The summed E-state index contributed by atoms with van der Waals surface area (Å²) < 4.78 is 2.14. The molecule has 0 amide bonds. The van der Waals surface area contributed by atoms with Crippen molar-refractivity contribution in [3.8, 4) is 56.3 Å². The Balaban J connectivity index is 1.21. The zero-order valence-electron chi connectivity index (χ0n) is 29.6. The monoisotopic (exact) mass is 701 g/mol. The van der Waals surface area contributed by atoms with Gasteiger partial charge in [0, 0.05) is 39.4 Å². The van der Waals surface area contributed by atoms with Gasteiger partial charge in [-0.25, -0.2) is 19.9 Å². The van der Waals surface area contributed by atoms with Crippen LogP contribution in [0.15, 0.2) is 188 Å². The van der Waals surface area contributed by atoms with E-state index in [4.69, 9.17) is 19.9 Å². The molecule has 0 unspecified atom stereocenters. The highest BCUT2D eigenvalue weighted by Gasteiger charge is 2.23. The molecular formula is C50H31N5. The predicted octanol–water partition coefficient (Wildman–Crippen LogP) is 12.5. The van der Waals surface area contributed by atoms with E-state index in [2.05, 4.69) is 144 Å². The number of pyridine rings is 2. The average molecular weight is 702 g/mol. The first kappa shape index (κ1) is 31.1. The molecule has 256 valence electrons. The van der Waals surface area contributed by atoms with Crippen molar-refractivity contribution in [1.82, 2.24) is 24.3 Å². The van der Waals surface area contributed by atoms with Crippen LogP contribution in [-0.2, 0) is 0 Å². The number of rotatable bonds is 5. The minimum absolute atomic E-state index is 0.683. The van der Waals surface area contributed by atoms with Crippen LogP contribution in [0.2, 0.25) is 0 Å². The van der Waals surface area contributed by atoms with Gasteiger partial charge >= 0.3 is 0 Å². The van der Waals surface area contributed by atoms with Gasteiger partial charge in [-0.1, -0.05) is 164 Å². The molecule has 0 atom stereocenters. The second kappa shape index (κ2) is 12.6. The van der Waals surface area contributed by atoms with Gasteiger partial charge in [-0.05, 0) is 45.3 Å². The third-order valence-corrected chi connectivity index (χ3v) is 10.6. The van der Waals surface area contributed by atoms with Crippen LogP contribution in [0.4, 0.5) is 0 Å². The SMILES string of the molecule is c1ccc(-c2nc(-c3cccc4ccccc34)c(-c3ccc(-c4nc5ccccc5c5nc6ccccn6c45)cc3)c(-c3cccc4ccccc34)n2)cc1. The molecule has 0 saturated heterocycles. The summed E-state index contributed by atoms with van der Waals surface area (Å²) in [7, 11) is 0. The van der Waals surface area contributed by atoms with Crippen molar-refractivity contribution in [2.45, 2.75) is 0 Å². The maximum atomic E-state index is 5.45. The van der Waals surface area contributed by atoms with E-state index >= 15 is 0 Å². The predicted molar refractivity (Wildman–Crippen MR) is 226 cm³/mol. The maximum absolute atomic E-state index is 5.45. The van der Waals surface area contributed by atoms with Crippen LogP contribution >= 0.6 is 0 Å². The lowest BCUT2D eigenvalue weighted by Crippen LogP contribution is -2.01. The van der Waals surface area contributed by atoms with Crippen molar-refractivity contribution >= 4 is 49.1 Å². The molecule has 0 N–H and O–H groups in total. The fourth-order valence-corrected chi connectivity index (χ4v) is 8.05. The topological polar surface area (TPSA) is 56.0 Å². The Morgan fingerprint density at radius 3 is 1.62 bits per heavy atom. The Kier molecular flexibility index (Phi) is 7.10. The van der Waals surface area contributed by atoms with Crippen LogP contribution in [0.25, 0.3) is 105 Å². The Hall–Kier alpha value is -7.50. The van der Waals surface area contributed by atoms with Crippen molar-refractivity contribution in [3.63, 3.8) is 0 Å². The lowest BCUT2D eigenvalue weighted by molar-refractivity contribution is 1.19. The standard InChI is InChI=1S/C50H31N5/c1-2-16-36(17-3-1)50-53-46(39-23-12-18-32-14-4-6-20-37(32)39)44(47(54-50)40-24-13-19-33-15-5-7-21-38(33)40)34-27-29-35(30-28-34)45-49-48(41-22-8-9-25-42(41)51-45)52-43-26-10-11-31-55(43)49/h1-31H. The zero-order chi connectivity index (χ0) is 36.3. The number of para-hydroxylation sites is 1. The quantitative estimate of drug-likeness (QED) is 0.179. The number of hydrogen-bond donors (Lipinski definition) is 0. The number of benzene rings is 7. The number of aromatic nitrogens is 5. The van der Waals surface area contributed by atoms with Crippen LogP contribution in [0.1, 0.15) is 0 Å². The van der Waals surface area contributed by atoms with Crippen molar-refractivity contribution in [2.75, 3.05) is 0 Å². The zero-order valence-corrected chi connectivity index (χ0v) is 29.6. The van der Waals surface area contributed by atoms with Crippen LogP contribution < -0.4 is 0 Å². The van der Waals surface area contributed by atoms with Crippen molar-refractivity contribution in [1.29, 1.82) is 0 Å². The third-order valence-electron chi connectivity index (χ3n) is 10.6. The first-order valence-corrected chi connectivity index (χ1v) is 18.5.